The lowest BCUT2D eigenvalue weighted by molar-refractivity contribution is 0.0159. The number of methoxy groups -OCH3 is 1. The molecule has 0 aromatic rings. The first-order chi connectivity index (χ1) is 6.52. The lowest BCUT2D eigenvalue weighted by atomic mass is 10.1. The van der Waals surface area contributed by atoms with Crippen molar-refractivity contribution in [3.05, 3.63) is 0 Å². The van der Waals surface area contributed by atoms with E-state index >= 15 is 0 Å². The Labute approximate surface area is 93.2 Å². The fourth-order valence-corrected chi connectivity index (χ4v) is 1.39. The highest BCUT2D eigenvalue weighted by Crippen LogP contribution is 2.11. The molecular weight excluding hydrogens is 194 g/mol. The quantitative estimate of drug-likeness (QED) is 0.634. The molecule has 0 aromatic carbocycles. The molecule has 0 aliphatic carbocycles. The normalized spacial score (nSPS) is 14.4. The zero-order chi connectivity index (χ0) is 11.0. The van der Waals surface area contributed by atoms with E-state index in [9.17, 15) is 0 Å². The number of thioether (sulfide) groups is 1. The molecule has 0 bridgehead atoms. The average Bonchev–Trinajstić information content (AvgIpc) is 2.17. The van der Waals surface area contributed by atoms with Crippen LogP contribution in [0.5, 0.6) is 0 Å². The predicted octanol–water partition coefficient (Wildman–Crippen LogP) is 2.53. The monoisotopic (exact) mass is 219 g/mol. The Morgan fingerprint density at radius 1 is 1.36 bits per heavy atom. The van der Waals surface area contributed by atoms with Gasteiger partial charge in [-0.3, -0.25) is 0 Å². The smallest absolute Gasteiger partial charge is 0.0634 e. The standard InChI is InChI=1S/C11H25NOS/c1-10(14-5)6-8-12-9-7-11(2,3)13-4/h10,12H,6-9H2,1-5H3. The van der Waals surface area contributed by atoms with E-state index < -0.39 is 0 Å². The van der Waals surface area contributed by atoms with Gasteiger partial charge in [0, 0.05) is 12.4 Å². The fraction of sp³-hybridized carbons (Fsp3) is 1.00. The summed E-state index contributed by atoms with van der Waals surface area (Å²) in [4.78, 5) is 0. The van der Waals surface area contributed by atoms with Crippen LogP contribution < -0.4 is 5.32 Å². The molecule has 0 aliphatic rings. The third-order valence-electron chi connectivity index (χ3n) is 2.59. The van der Waals surface area contributed by atoms with Crippen LogP contribution in [0.4, 0.5) is 0 Å². The summed E-state index contributed by atoms with van der Waals surface area (Å²) in [5.41, 5.74) is 0.0120. The lowest BCUT2D eigenvalue weighted by Crippen LogP contribution is -2.29. The topological polar surface area (TPSA) is 21.3 Å². The van der Waals surface area contributed by atoms with E-state index in [4.69, 9.17) is 4.74 Å². The van der Waals surface area contributed by atoms with Crippen LogP contribution in [-0.4, -0.2) is 37.3 Å². The van der Waals surface area contributed by atoms with Gasteiger partial charge in [-0.15, -0.1) is 0 Å². The number of hydrogen-bond donors (Lipinski definition) is 1. The van der Waals surface area contributed by atoms with Crippen LogP contribution in [0.2, 0.25) is 0 Å². The third kappa shape index (κ3) is 7.65. The van der Waals surface area contributed by atoms with Gasteiger partial charge in [-0.05, 0) is 46.0 Å². The molecule has 0 spiro atoms. The third-order valence-corrected chi connectivity index (χ3v) is 3.63. The van der Waals surface area contributed by atoms with Gasteiger partial charge in [0.1, 0.15) is 0 Å². The molecule has 14 heavy (non-hydrogen) atoms. The second-order valence-corrected chi connectivity index (χ2v) is 5.57. The molecule has 1 N–H and O–H groups in total. The molecule has 1 atom stereocenters. The molecule has 0 fully saturated rings. The van der Waals surface area contributed by atoms with Crippen molar-refractivity contribution in [3.63, 3.8) is 0 Å². The van der Waals surface area contributed by atoms with Crippen molar-refractivity contribution >= 4 is 11.8 Å². The van der Waals surface area contributed by atoms with Crippen molar-refractivity contribution in [2.24, 2.45) is 0 Å². The van der Waals surface area contributed by atoms with Crippen molar-refractivity contribution in [1.82, 2.24) is 5.32 Å². The minimum atomic E-state index is 0.0120. The first-order valence-corrected chi connectivity index (χ1v) is 6.59. The molecule has 1 unspecified atom stereocenters. The summed E-state index contributed by atoms with van der Waals surface area (Å²) in [6, 6.07) is 0. The zero-order valence-corrected chi connectivity index (χ0v) is 11.0. The fourth-order valence-electron chi connectivity index (χ4n) is 1.04. The molecule has 0 amide bonds. The van der Waals surface area contributed by atoms with Gasteiger partial charge in [0.2, 0.25) is 0 Å². The van der Waals surface area contributed by atoms with Crippen LogP contribution in [0, 0.1) is 0 Å². The highest BCUT2D eigenvalue weighted by molar-refractivity contribution is 7.99. The van der Waals surface area contributed by atoms with Crippen molar-refractivity contribution in [2.75, 3.05) is 26.5 Å². The second-order valence-electron chi connectivity index (χ2n) is 4.30. The van der Waals surface area contributed by atoms with E-state index in [1.165, 1.54) is 6.42 Å². The summed E-state index contributed by atoms with van der Waals surface area (Å²) in [5, 5.41) is 4.21. The number of rotatable bonds is 8. The summed E-state index contributed by atoms with van der Waals surface area (Å²) < 4.78 is 5.34. The summed E-state index contributed by atoms with van der Waals surface area (Å²) in [6.07, 6.45) is 4.48. The molecule has 86 valence electrons. The van der Waals surface area contributed by atoms with Crippen molar-refractivity contribution < 1.29 is 4.74 Å². The largest absolute Gasteiger partial charge is 0.379 e. The lowest BCUT2D eigenvalue weighted by Gasteiger charge is -2.22. The van der Waals surface area contributed by atoms with E-state index in [-0.39, 0.29) is 5.60 Å². The first kappa shape index (κ1) is 14.3. The van der Waals surface area contributed by atoms with E-state index in [0.717, 1.165) is 24.8 Å². The van der Waals surface area contributed by atoms with Crippen LogP contribution in [-0.2, 0) is 4.74 Å². The molecule has 0 radical (unpaired) electrons. The van der Waals surface area contributed by atoms with Crippen molar-refractivity contribution in [3.8, 4) is 0 Å². The molecule has 0 saturated carbocycles. The number of hydrogen-bond acceptors (Lipinski definition) is 3. The van der Waals surface area contributed by atoms with Gasteiger partial charge in [0.05, 0.1) is 5.60 Å². The van der Waals surface area contributed by atoms with E-state index in [1.54, 1.807) is 7.11 Å². The second kappa shape index (κ2) is 7.55. The van der Waals surface area contributed by atoms with Gasteiger partial charge in [0.15, 0.2) is 0 Å². The van der Waals surface area contributed by atoms with Gasteiger partial charge >= 0.3 is 0 Å². The number of nitrogens with one attached hydrogen (secondary N) is 1. The summed E-state index contributed by atoms with van der Waals surface area (Å²) in [7, 11) is 1.77. The minimum Gasteiger partial charge on any atom is -0.379 e. The van der Waals surface area contributed by atoms with E-state index in [0.29, 0.717) is 0 Å². The van der Waals surface area contributed by atoms with E-state index in [2.05, 4.69) is 32.3 Å². The van der Waals surface area contributed by atoms with Crippen molar-refractivity contribution in [1.29, 1.82) is 0 Å². The van der Waals surface area contributed by atoms with Gasteiger partial charge in [-0.1, -0.05) is 6.92 Å². The highest BCUT2D eigenvalue weighted by atomic mass is 32.2. The molecule has 2 nitrogen and oxygen atoms in total. The molecule has 0 aromatic heterocycles. The van der Waals surface area contributed by atoms with Crippen LogP contribution >= 0.6 is 11.8 Å². The molecule has 0 aliphatic heterocycles. The minimum absolute atomic E-state index is 0.0120. The first-order valence-electron chi connectivity index (χ1n) is 5.30. The Morgan fingerprint density at radius 3 is 2.50 bits per heavy atom. The summed E-state index contributed by atoms with van der Waals surface area (Å²) in [6.45, 7) is 8.67. The Morgan fingerprint density at radius 2 is 2.00 bits per heavy atom. The van der Waals surface area contributed by atoms with Crippen molar-refractivity contribution in [2.45, 2.75) is 44.5 Å². The summed E-state index contributed by atoms with van der Waals surface area (Å²) >= 11 is 1.93. The van der Waals surface area contributed by atoms with Crippen LogP contribution in [0.25, 0.3) is 0 Å². The molecular formula is C11H25NOS. The maximum atomic E-state index is 5.34. The van der Waals surface area contributed by atoms with Gasteiger partial charge in [-0.25, -0.2) is 0 Å². The van der Waals surface area contributed by atoms with Crippen LogP contribution in [0.15, 0.2) is 0 Å². The maximum absolute atomic E-state index is 5.34. The molecule has 3 heteroatoms. The molecule has 0 saturated heterocycles. The van der Waals surface area contributed by atoms with E-state index in [1.807, 2.05) is 11.8 Å². The summed E-state index contributed by atoms with van der Waals surface area (Å²) in [5.74, 6) is 0. The average molecular weight is 219 g/mol. The van der Waals surface area contributed by atoms with Crippen LogP contribution in [0.3, 0.4) is 0 Å². The molecule has 0 rings (SSSR count). The van der Waals surface area contributed by atoms with Gasteiger partial charge in [-0.2, -0.15) is 11.8 Å². The van der Waals surface area contributed by atoms with Gasteiger partial charge < -0.3 is 10.1 Å². The Bertz CT molecular complexity index is 139. The highest BCUT2D eigenvalue weighted by Gasteiger charge is 2.14. The predicted molar refractivity (Wildman–Crippen MR) is 66.2 cm³/mol. The Hall–Kier alpha value is 0.270. The van der Waals surface area contributed by atoms with Gasteiger partial charge in [0.25, 0.3) is 0 Å². The maximum Gasteiger partial charge on any atom is 0.0634 e. The number of ether oxygens (including phenoxy) is 1. The van der Waals surface area contributed by atoms with Crippen LogP contribution in [0.1, 0.15) is 33.6 Å². The SMILES string of the molecule is COC(C)(C)CCNCCC(C)SC. The Balaban J connectivity index is 3.30. The molecule has 0 heterocycles. The zero-order valence-electron chi connectivity index (χ0n) is 10.2. The Kier molecular flexibility index (Phi) is 7.69.